The first-order valence-electron chi connectivity index (χ1n) is 7.34. The lowest BCUT2D eigenvalue weighted by atomic mass is 10.00. The van der Waals surface area contributed by atoms with Gasteiger partial charge in [0.2, 0.25) is 0 Å². The van der Waals surface area contributed by atoms with Gasteiger partial charge in [0.05, 0.1) is 0 Å². The molecule has 1 aromatic rings. The Labute approximate surface area is 119 Å². The normalized spacial score (nSPS) is 12.4. The van der Waals surface area contributed by atoms with Gasteiger partial charge < -0.3 is 10.6 Å². The van der Waals surface area contributed by atoms with E-state index in [0.717, 1.165) is 25.9 Å². The third-order valence-corrected chi connectivity index (χ3v) is 3.46. The van der Waals surface area contributed by atoms with Gasteiger partial charge in [0.15, 0.2) is 0 Å². The van der Waals surface area contributed by atoms with E-state index in [4.69, 9.17) is 5.73 Å². The van der Waals surface area contributed by atoms with Crippen LogP contribution in [0, 0.1) is 0 Å². The molecular weight excluding hydrogens is 232 g/mol. The second kappa shape index (κ2) is 7.06. The number of hydrogen-bond donors (Lipinski definition) is 1. The van der Waals surface area contributed by atoms with E-state index >= 15 is 0 Å². The van der Waals surface area contributed by atoms with Crippen molar-refractivity contribution in [3.63, 3.8) is 0 Å². The molecule has 0 radical (unpaired) electrons. The zero-order chi connectivity index (χ0) is 14.5. The summed E-state index contributed by atoms with van der Waals surface area (Å²) in [6.45, 7) is 10.8. The van der Waals surface area contributed by atoms with Gasteiger partial charge in [-0.05, 0) is 57.3 Å². The van der Waals surface area contributed by atoms with E-state index in [9.17, 15) is 0 Å². The van der Waals surface area contributed by atoms with Gasteiger partial charge in [-0.15, -0.1) is 0 Å². The number of nitrogens with two attached hydrogens (primary N) is 1. The predicted octanol–water partition coefficient (Wildman–Crippen LogP) is 3.76. The fourth-order valence-electron chi connectivity index (χ4n) is 2.20. The van der Waals surface area contributed by atoms with Gasteiger partial charge in [-0.1, -0.05) is 38.1 Å². The van der Waals surface area contributed by atoms with Crippen molar-refractivity contribution in [2.75, 3.05) is 13.6 Å². The van der Waals surface area contributed by atoms with Crippen molar-refractivity contribution in [2.24, 2.45) is 5.73 Å². The molecule has 108 valence electrons. The van der Waals surface area contributed by atoms with Crippen LogP contribution in [0.25, 0.3) is 0 Å². The fraction of sp³-hybridized carbons (Fsp3) is 0.647. The molecule has 0 aliphatic rings. The molecule has 0 amide bonds. The standard InChI is InChI=1S/C17H30N2/c1-14(2)16-9-7-15(8-10-16)13-19(5)12-6-11-17(3,4)18/h7-10,14H,6,11-13,18H2,1-5H3. The summed E-state index contributed by atoms with van der Waals surface area (Å²) in [5.41, 5.74) is 8.76. The summed E-state index contributed by atoms with van der Waals surface area (Å²) < 4.78 is 0. The Kier molecular flexibility index (Phi) is 6.02. The lowest BCUT2D eigenvalue weighted by Crippen LogP contribution is -2.33. The first-order chi connectivity index (χ1) is 8.78. The van der Waals surface area contributed by atoms with Gasteiger partial charge in [0, 0.05) is 12.1 Å². The molecule has 0 saturated carbocycles. The Balaban J connectivity index is 2.38. The third kappa shape index (κ3) is 6.74. The zero-order valence-corrected chi connectivity index (χ0v) is 13.2. The second-order valence-corrected chi connectivity index (χ2v) is 6.73. The number of hydrogen-bond acceptors (Lipinski definition) is 2. The Morgan fingerprint density at radius 3 is 2.21 bits per heavy atom. The van der Waals surface area contributed by atoms with Crippen LogP contribution < -0.4 is 5.73 Å². The van der Waals surface area contributed by atoms with Crippen molar-refractivity contribution in [2.45, 2.75) is 58.5 Å². The molecular formula is C17H30N2. The molecule has 19 heavy (non-hydrogen) atoms. The van der Waals surface area contributed by atoms with Gasteiger partial charge in [-0.2, -0.15) is 0 Å². The molecule has 0 aliphatic carbocycles. The number of nitrogens with zero attached hydrogens (tertiary/aromatic N) is 1. The average molecular weight is 262 g/mol. The summed E-state index contributed by atoms with van der Waals surface area (Å²) in [4.78, 5) is 2.37. The van der Waals surface area contributed by atoms with E-state index < -0.39 is 0 Å². The van der Waals surface area contributed by atoms with E-state index in [0.29, 0.717) is 5.92 Å². The first kappa shape index (κ1) is 16.2. The van der Waals surface area contributed by atoms with Crippen molar-refractivity contribution in [3.05, 3.63) is 35.4 Å². The maximum atomic E-state index is 6.00. The van der Waals surface area contributed by atoms with Crippen molar-refractivity contribution in [1.82, 2.24) is 4.90 Å². The van der Waals surface area contributed by atoms with Gasteiger partial charge in [-0.3, -0.25) is 0 Å². The topological polar surface area (TPSA) is 29.3 Å². The molecule has 0 saturated heterocycles. The van der Waals surface area contributed by atoms with Gasteiger partial charge in [-0.25, -0.2) is 0 Å². The van der Waals surface area contributed by atoms with Crippen LogP contribution in [0.2, 0.25) is 0 Å². The number of rotatable bonds is 7. The lowest BCUT2D eigenvalue weighted by molar-refractivity contribution is 0.303. The molecule has 0 atom stereocenters. The smallest absolute Gasteiger partial charge is 0.0230 e. The lowest BCUT2D eigenvalue weighted by Gasteiger charge is -2.21. The molecule has 2 heteroatoms. The molecule has 1 rings (SSSR count). The molecule has 0 unspecified atom stereocenters. The Hall–Kier alpha value is -0.860. The van der Waals surface area contributed by atoms with Gasteiger partial charge in [0.25, 0.3) is 0 Å². The van der Waals surface area contributed by atoms with Crippen LogP contribution in [-0.2, 0) is 6.54 Å². The summed E-state index contributed by atoms with van der Waals surface area (Å²) in [6, 6.07) is 8.99. The largest absolute Gasteiger partial charge is 0.326 e. The SMILES string of the molecule is CC(C)c1ccc(CN(C)CCCC(C)(C)N)cc1. The molecule has 0 heterocycles. The van der Waals surface area contributed by atoms with Crippen LogP contribution in [0.15, 0.2) is 24.3 Å². The van der Waals surface area contributed by atoms with Crippen LogP contribution in [0.5, 0.6) is 0 Å². The Morgan fingerprint density at radius 2 is 1.74 bits per heavy atom. The summed E-state index contributed by atoms with van der Waals surface area (Å²) in [5, 5.41) is 0. The van der Waals surface area contributed by atoms with E-state index in [2.05, 4.69) is 63.9 Å². The highest BCUT2D eigenvalue weighted by Crippen LogP contribution is 2.15. The minimum absolute atomic E-state index is 0.0419. The maximum Gasteiger partial charge on any atom is 0.0230 e. The van der Waals surface area contributed by atoms with Crippen LogP contribution >= 0.6 is 0 Å². The maximum absolute atomic E-state index is 6.00. The quantitative estimate of drug-likeness (QED) is 0.810. The molecule has 0 spiro atoms. The van der Waals surface area contributed by atoms with E-state index in [1.165, 1.54) is 11.1 Å². The molecule has 0 fully saturated rings. The minimum Gasteiger partial charge on any atom is -0.326 e. The fourth-order valence-corrected chi connectivity index (χ4v) is 2.20. The zero-order valence-electron chi connectivity index (χ0n) is 13.2. The predicted molar refractivity (Wildman–Crippen MR) is 84.4 cm³/mol. The van der Waals surface area contributed by atoms with Crippen molar-refractivity contribution < 1.29 is 0 Å². The third-order valence-electron chi connectivity index (χ3n) is 3.46. The van der Waals surface area contributed by atoms with E-state index in [1.54, 1.807) is 0 Å². The van der Waals surface area contributed by atoms with Crippen molar-refractivity contribution >= 4 is 0 Å². The average Bonchev–Trinajstić information content (AvgIpc) is 2.27. The molecule has 0 bridgehead atoms. The monoisotopic (exact) mass is 262 g/mol. The van der Waals surface area contributed by atoms with Gasteiger partial charge >= 0.3 is 0 Å². The summed E-state index contributed by atoms with van der Waals surface area (Å²) in [7, 11) is 2.18. The molecule has 1 aromatic carbocycles. The van der Waals surface area contributed by atoms with E-state index in [-0.39, 0.29) is 5.54 Å². The second-order valence-electron chi connectivity index (χ2n) is 6.73. The molecule has 0 aromatic heterocycles. The van der Waals surface area contributed by atoms with Gasteiger partial charge in [0.1, 0.15) is 0 Å². The Bertz CT molecular complexity index is 360. The van der Waals surface area contributed by atoms with Crippen molar-refractivity contribution in [3.8, 4) is 0 Å². The van der Waals surface area contributed by atoms with Crippen LogP contribution in [0.4, 0.5) is 0 Å². The van der Waals surface area contributed by atoms with Crippen LogP contribution in [0.1, 0.15) is 57.6 Å². The van der Waals surface area contributed by atoms with Crippen LogP contribution in [-0.4, -0.2) is 24.0 Å². The van der Waals surface area contributed by atoms with Crippen molar-refractivity contribution in [1.29, 1.82) is 0 Å². The minimum atomic E-state index is -0.0419. The number of benzene rings is 1. The molecule has 2 N–H and O–H groups in total. The highest BCUT2D eigenvalue weighted by Gasteiger charge is 2.10. The molecule has 0 aliphatic heterocycles. The first-order valence-corrected chi connectivity index (χ1v) is 7.34. The summed E-state index contributed by atoms with van der Waals surface area (Å²) in [5.74, 6) is 0.610. The highest BCUT2D eigenvalue weighted by atomic mass is 15.1. The highest BCUT2D eigenvalue weighted by molar-refractivity contribution is 5.24. The van der Waals surface area contributed by atoms with E-state index in [1.807, 2.05) is 0 Å². The Morgan fingerprint density at radius 1 is 1.16 bits per heavy atom. The summed E-state index contributed by atoms with van der Waals surface area (Å²) in [6.07, 6.45) is 2.23. The molecule has 2 nitrogen and oxygen atoms in total. The van der Waals surface area contributed by atoms with Crippen LogP contribution in [0.3, 0.4) is 0 Å². The summed E-state index contributed by atoms with van der Waals surface area (Å²) >= 11 is 0.